The largest absolute Gasteiger partial charge is 0.312 e. The Balaban J connectivity index is 1.63. The molecule has 1 aromatic carbocycles. The molecule has 6 nitrogen and oxygen atoms in total. The molecule has 3 rings (SSSR count). The molecule has 1 amide bonds. The van der Waals surface area contributed by atoms with Crippen LogP contribution in [0, 0.1) is 0 Å². The summed E-state index contributed by atoms with van der Waals surface area (Å²) >= 11 is 0. The third-order valence-electron chi connectivity index (χ3n) is 3.99. The first-order valence-corrected chi connectivity index (χ1v) is 9.33. The third-order valence-corrected chi connectivity index (χ3v) is 5.46. The Morgan fingerprint density at radius 1 is 1.08 bits per heavy atom. The summed E-state index contributed by atoms with van der Waals surface area (Å²) in [6, 6.07) is 10.2. The molecule has 24 heavy (non-hydrogen) atoms. The Hall–Kier alpha value is -2.25. The number of rotatable bonds is 6. The van der Waals surface area contributed by atoms with E-state index < -0.39 is 10.0 Å². The lowest BCUT2D eigenvalue weighted by atomic mass is 10.2. The van der Waals surface area contributed by atoms with Gasteiger partial charge in [0.25, 0.3) is 0 Å². The maximum absolute atomic E-state index is 12.3. The number of pyridine rings is 1. The topological polar surface area (TPSA) is 79.4 Å². The van der Waals surface area contributed by atoms with E-state index in [1.807, 2.05) is 12.1 Å². The maximum atomic E-state index is 12.3. The van der Waals surface area contributed by atoms with Crippen LogP contribution in [-0.4, -0.2) is 32.4 Å². The van der Waals surface area contributed by atoms with Crippen LogP contribution >= 0.6 is 0 Å². The average molecular weight is 345 g/mol. The number of anilines is 1. The van der Waals surface area contributed by atoms with Crippen molar-refractivity contribution in [1.29, 1.82) is 0 Å². The minimum atomic E-state index is -3.55. The van der Waals surface area contributed by atoms with Crippen LogP contribution < -0.4 is 9.62 Å². The van der Waals surface area contributed by atoms with Crippen LogP contribution in [0.15, 0.2) is 53.7 Å². The van der Waals surface area contributed by atoms with Crippen molar-refractivity contribution in [2.24, 2.45) is 0 Å². The lowest BCUT2D eigenvalue weighted by molar-refractivity contribution is -0.117. The second-order valence-corrected chi connectivity index (χ2v) is 7.41. The second-order valence-electron chi connectivity index (χ2n) is 5.65. The molecule has 7 heteroatoms. The molecule has 0 unspecified atom stereocenters. The first-order chi connectivity index (χ1) is 11.6. The molecule has 2 aromatic rings. The number of sulfonamides is 1. The molecule has 0 bridgehead atoms. The fraction of sp³-hybridized carbons (Fsp3) is 0.294. The fourth-order valence-corrected chi connectivity index (χ4v) is 3.72. The number of aromatic nitrogens is 1. The van der Waals surface area contributed by atoms with Crippen LogP contribution in [0.2, 0.25) is 0 Å². The van der Waals surface area contributed by atoms with Gasteiger partial charge in [0.2, 0.25) is 15.9 Å². The van der Waals surface area contributed by atoms with Crippen molar-refractivity contribution in [2.75, 3.05) is 18.0 Å². The number of nitrogens with one attached hydrogen (secondary N) is 1. The highest BCUT2D eigenvalue weighted by molar-refractivity contribution is 7.89. The van der Waals surface area contributed by atoms with Crippen molar-refractivity contribution in [2.45, 2.75) is 24.2 Å². The molecule has 0 radical (unpaired) electrons. The van der Waals surface area contributed by atoms with E-state index in [9.17, 15) is 13.2 Å². The minimum Gasteiger partial charge on any atom is -0.312 e. The van der Waals surface area contributed by atoms with Crippen molar-refractivity contribution in [3.63, 3.8) is 0 Å². The smallest absolute Gasteiger partial charge is 0.240 e. The Labute approximate surface area is 141 Å². The highest BCUT2D eigenvalue weighted by Gasteiger charge is 2.22. The van der Waals surface area contributed by atoms with Gasteiger partial charge in [0, 0.05) is 37.6 Å². The van der Waals surface area contributed by atoms with Crippen LogP contribution in [-0.2, 0) is 21.2 Å². The summed E-state index contributed by atoms with van der Waals surface area (Å²) in [4.78, 5) is 17.5. The summed E-state index contributed by atoms with van der Waals surface area (Å²) < 4.78 is 27.2. The zero-order valence-electron chi connectivity index (χ0n) is 13.2. The van der Waals surface area contributed by atoms with Gasteiger partial charge in [0.05, 0.1) is 4.90 Å². The molecule has 126 valence electrons. The van der Waals surface area contributed by atoms with E-state index in [-0.39, 0.29) is 10.8 Å². The molecular weight excluding hydrogens is 326 g/mol. The maximum Gasteiger partial charge on any atom is 0.240 e. The molecule has 1 aromatic heterocycles. The van der Waals surface area contributed by atoms with Gasteiger partial charge in [0.1, 0.15) is 0 Å². The lowest BCUT2D eigenvalue weighted by Gasteiger charge is -2.16. The standard InChI is InChI=1S/C17H19N3O3S/c21-17-2-1-13-20(17)15-3-5-16(6-4-15)24(22,23)19-12-9-14-7-10-18-11-8-14/h3-8,10-11,19H,1-2,9,12-13H2. The van der Waals surface area contributed by atoms with Crippen LogP contribution in [0.3, 0.4) is 0 Å². The van der Waals surface area contributed by atoms with Gasteiger partial charge < -0.3 is 4.90 Å². The summed E-state index contributed by atoms with van der Waals surface area (Å²) in [5.41, 5.74) is 1.77. The van der Waals surface area contributed by atoms with E-state index in [4.69, 9.17) is 0 Å². The highest BCUT2D eigenvalue weighted by Crippen LogP contribution is 2.22. The van der Waals surface area contributed by atoms with Crippen molar-refractivity contribution in [3.05, 3.63) is 54.4 Å². The summed E-state index contributed by atoms with van der Waals surface area (Å²) in [6.45, 7) is 1.01. The molecule has 1 aliphatic rings. The number of hydrogen-bond acceptors (Lipinski definition) is 4. The second kappa shape index (κ2) is 7.11. The number of amides is 1. The van der Waals surface area contributed by atoms with Gasteiger partial charge in [-0.15, -0.1) is 0 Å². The number of nitrogens with zero attached hydrogens (tertiary/aromatic N) is 2. The summed E-state index contributed by atoms with van der Waals surface area (Å²) in [7, 11) is -3.55. The average Bonchev–Trinajstić information content (AvgIpc) is 3.02. The lowest BCUT2D eigenvalue weighted by Crippen LogP contribution is -2.26. The Morgan fingerprint density at radius 2 is 1.79 bits per heavy atom. The normalized spacial score (nSPS) is 15.0. The van der Waals surface area contributed by atoms with E-state index in [2.05, 4.69) is 9.71 Å². The van der Waals surface area contributed by atoms with Crippen LogP contribution in [0.5, 0.6) is 0 Å². The molecule has 1 aliphatic heterocycles. The van der Waals surface area contributed by atoms with E-state index in [1.165, 1.54) is 12.1 Å². The summed E-state index contributed by atoms with van der Waals surface area (Å²) in [5, 5.41) is 0. The van der Waals surface area contributed by atoms with E-state index >= 15 is 0 Å². The molecule has 0 atom stereocenters. The summed E-state index contributed by atoms with van der Waals surface area (Å²) in [5.74, 6) is 0.0843. The minimum absolute atomic E-state index is 0.0843. The van der Waals surface area contributed by atoms with Crippen molar-refractivity contribution < 1.29 is 13.2 Å². The first kappa shape index (κ1) is 16.6. The van der Waals surface area contributed by atoms with Gasteiger partial charge in [-0.25, -0.2) is 13.1 Å². The van der Waals surface area contributed by atoms with Crippen LogP contribution in [0.1, 0.15) is 18.4 Å². The zero-order valence-corrected chi connectivity index (χ0v) is 14.0. The van der Waals surface area contributed by atoms with Crippen molar-refractivity contribution >= 4 is 21.6 Å². The fourth-order valence-electron chi connectivity index (χ4n) is 2.69. The highest BCUT2D eigenvalue weighted by atomic mass is 32.2. The van der Waals surface area contributed by atoms with Crippen molar-refractivity contribution in [1.82, 2.24) is 9.71 Å². The third kappa shape index (κ3) is 3.80. The van der Waals surface area contributed by atoms with Gasteiger partial charge in [0.15, 0.2) is 0 Å². The molecule has 2 heterocycles. The van der Waals surface area contributed by atoms with Gasteiger partial charge in [-0.05, 0) is 54.8 Å². The molecule has 0 spiro atoms. The molecular formula is C17H19N3O3S. The first-order valence-electron chi connectivity index (χ1n) is 7.85. The van der Waals surface area contributed by atoms with Crippen LogP contribution in [0.25, 0.3) is 0 Å². The zero-order chi connectivity index (χ0) is 17.0. The van der Waals surface area contributed by atoms with Gasteiger partial charge >= 0.3 is 0 Å². The quantitative estimate of drug-likeness (QED) is 0.865. The molecule has 1 saturated heterocycles. The van der Waals surface area contributed by atoms with E-state index in [0.717, 1.165) is 17.7 Å². The monoisotopic (exact) mass is 345 g/mol. The number of hydrogen-bond donors (Lipinski definition) is 1. The van der Waals surface area contributed by atoms with Gasteiger partial charge in [-0.3, -0.25) is 9.78 Å². The predicted molar refractivity (Wildman–Crippen MR) is 91.2 cm³/mol. The Morgan fingerprint density at radius 3 is 2.42 bits per heavy atom. The molecule has 1 fully saturated rings. The molecule has 0 saturated carbocycles. The van der Waals surface area contributed by atoms with Gasteiger partial charge in [-0.1, -0.05) is 0 Å². The Bertz CT molecular complexity index is 805. The van der Waals surface area contributed by atoms with Crippen LogP contribution in [0.4, 0.5) is 5.69 Å². The molecule has 1 N–H and O–H groups in total. The number of carbonyl (C=O) groups excluding carboxylic acids is 1. The van der Waals surface area contributed by atoms with Crippen molar-refractivity contribution in [3.8, 4) is 0 Å². The van der Waals surface area contributed by atoms with E-state index in [0.29, 0.717) is 25.9 Å². The molecule has 0 aliphatic carbocycles. The SMILES string of the molecule is O=C1CCCN1c1ccc(S(=O)(=O)NCCc2ccncc2)cc1. The number of carbonyl (C=O) groups is 1. The summed E-state index contributed by atoms with van der Waals surface area (Å²) in [6.07, 6.45) is 5.36. The Kier molecular flexibility index (Phi) is 4.92. The number of benzene rings is 1. The van der Waals surface area contributed by atoms with Gasteiger partial charge in [-0.2, -0.15) is 0 Å². The predicted octanol–water partition coefficient (Wildman–Crippen LogP) is 1.73. The van der Waals surface area contributed by atoms with E-state index in [1.54, 1.807) is 29.4 Å².